The summed E-state index contributed by atoms with van der Waals surface area (Å²) in [4.78, 5) is 13.3. The van der Waals surface area contributed by atoms with Crippen molar-refractivity contribution in [2.24, 2.45) is 5.92 Å². The zero-order chi connectivity index (χ0) is 12.1. The van der Waals surface area contributed by atoms with Crippen molar-refractivity contribution >= 4 is 5.91 Å². The minimum Gasteiger partial charge on any atom is -0.345 e. The Morgan fingerprint density at radius 1 is 1.25 bits per heavy atom. The fourth-order valence-electron chi connectivity index (χ4n) is 1.59. The highest BCUT2D eigenvalue weighted by Crippen LogP contribution is 2.13. The molecule has 1 aromatic rings. The highest BCUT2D eigenvalue weighted by molar-refractivity contribution is 5.93. The maximum absolute atomic E-state index is 11.7. The summed E-state index contributed by atoms with van der Waals surface area (Å²) < 4.78 is 0. The monoisotopic (exact) mass is 219 g/mol. The number of benzene rings is 1. The van der Waals surface area contributed by atoms with Crippen LogP contribution in [0.1, 0.15) is 36.2 Å². The molecule has 0 saturated carbocycles. The van der Waals surface area contributed by atoms with Crippen LogP contribution in [0.3, 0.4) is 0 Å². The Morgan fingerprint density at radius 3 is 2.25 bits per heavy atom. The molecule has 0 radical (unpaired) electrons. The van der Waals surface area contributed by atoms with Crippen LogP contribution >= 0.6 is 0 Å². The van der Waals surface area contributed by atoms with E-state index in [1.54, 1.807) is 19.0 Å². The summed E-state index contributed by atoms with van der Waals surface area (Å²) in [6, 6.07) is 7.95. The van der Waals surface area contributed by atoms with Crippen molar-refractivity contribution in [1.29, 1.82) is 0 Å². The molecule has 1 amide bonds. The van der Waals surface area contributed by atoms with Gasteiger partial charge in [0, 0.05) is 19.7 Å². The predicted molar refractivity (Wildman–Crippen MR) is 67.6 cm³/mol. The SMILES string of the molecule is CCC(C)Cc1ccc(C(=O)N(C)C)cc1. The van der Waals surface area contributed by atoms with Gasteiger partial charge in [-0.05, 0) is 30.0 Å². The molecule has 1 aromatic carbocycles. The molecule has 0 fully saturated rings. The molecule has 88 valence electrons. The molecule has 0 N–H and O–H groups in total. The van der Waals surface area contributed by atoms with Gasteiger partial charge in [0.25, 0.3) is 5.91 Å². The zero-order valence-electron chi connectivity index (χ0n) is 10.7. The smallest absolute Gasteiger partial charge is 0.253 e. The largest absolute Gasteiger partial charge is 0.345 e. The first-order valence-electron chi connectivity index (χ1n) is 5.85. The molecule has 1 rings (SSSR count). The molecule has 1 atom stereocenters. The van der Waals surface area contributed by atoms with Gasteiger partial charge in [0.05, 0.1) is 0 Å². The van der Waals surface area contributed by atoms with Crippen LogP contribution in [0.15, 0.2) is 24.3 Å². The zero-order valence-corrected chi connectivity index (χ0v) is 10.7. The Kier molecular flexibility index (Phi) is 4.53. The van der Waals surface area contributed by atoms with E-state index in [-0.39, 0.29) is 5.91 Å². The van der Waals surface area contributed by atoms with E-state index in [9.17, 15) is 4.79 Å². The van der Waals surface area contributed by atoms with E-state index in [0.29, 0.717) is 5.92 Å². The standard InChI is InChI=1S/C14H21NO/c1-5-11(2)10-12-6-8-13(9-7-12)14(16)15(3)4/h6-9,11H,5,10H2,1-4H3. The molecular weight excluding hydrogens is 198 g/mol. The number of rotatable bonds is 4. The number of nitrogens with zero attached hydrogens (tertiary/aromatic N) is 1. The van der Waals surface area contributed by atoms with Crippen molar-refractivity contribution < 1.29 is 4.79 Å². The van der Waals surface area contributed by atoms with Gasteiger partial charge in [-0.2, -0.15) is 0 Å². The molecule has 0 bridgehead atoms. The lowest BCUT2D eigenvalue weighted by Gasteiger charge is -2.11. The first-order chi connectivity index (χ1) is 7.54. The molecule has 0 aliphatic carbocycles. The van der Waals surface area contributed by atoms with Gasteiger partial charge in [-0.15, -0.1) is 0 Å². The fourth-order valence-corrected chi connectivity index (χ4v) is 1.59. The Morgan fingerprint density at radius 2 is 1.81 bits per heavy atom. The summed E-state index contributed by atoms with van der Waals surface area (Å²) in [6.07, 6.45) is 2.28. The molecule has 16 heavy (non-hydrogen) atoms. The van der Waals surface area contributed by atoms with Crippen molar-refractivity contribution in [3.05, 3.63) is 35.4 Å². The fraction of sp³-hybridized carbons (Fsp3) is 0.500. The molecular formula is C14H21NO. The van der Waals surface area contributed by atoms with Crippen molar-refractivity contribution in [3.8, 4) is 0 Å². The van der Waals surface area contributed by atoms with Gasteiger partial charge in [-0.3, -0.25) is 4.79 Å². The van der Waals surface area contributed by atoms with E-state index in [0.717, 1.165) is 12.0 Å². The van der Waals surface area contributed by atoms with Gasteiger partial charge in [-0.1, -0.05) is 32.4 Å². The van der Waals surface area contributed by atoms with E-state index >= 15 is 0 Å². The van der Waals surface area contributed by atoms with Crippen molar-refractivity contribution in [2.45, 2.75) is 26.7 Å². The summed E-state index contributed by atoms with van der Waals surface area (Å²) in [7, 11) is 3.55. The molecule has 2 nitrogen and oxygen atoms in total. The average Bonchev–Trinajstić information content (AvgIpc) is 2.28. The van der Waals surface area contributed by atoms with Crippen LogP contribution in [-0.2, 0) is 6.42 Å². The predicted octanol–water partition coefficient (Wildman–Crippen LogP) is 2.98. The van der Waals surface area contributed by atoms with Crippen LogP contribution in [0, 0.1) is 5.92 Å². The number of carbonyl (C=O) groups excluding carboxylic acids is 1. The van der Waals surface area contributed by atoms with Gasteiger partial charge in [-0.25, -0.2) is 0 Å². The van der Waals surface area contributed by atoms with Gasteiger partial charge >= 0.3 is 0 Å². The Hall–Kier alpha value is -1.31. The Bertz CT molecular complexity index is 340. The highest BCUT2D eigenvalue weighted by atomic mass is 16.2. The quantitative estimate of drug-likeness (QED) is 0.762. The molecule has 0 aliphatic rings. The molecule has 0 aromatic heterocycles. The van der Waals surface area contributed by atoms with Crippen LogP contribution in [0.25, 0.3) is 0 Å². The summed E-state index contributed by atoms with van der Waals surface area (Å²) >= 11 is 0. The number of amides is 1. The number of carbonyl (C=O) groups is 1. The minimum absolute atomic E-state index is 0.0649. The van der Waals surface area contributed by atoms with E-state index in [4.69, 9.17) is 0 Å². The molecule has 2 heteroatoms. The lowest BCUT2D eigenvalue weighted by atomic mass is 9.98. The summed E-state index contributed by atoms with van der Waals surface area (Å²) in [5.74, 6) is 0.769. The lowest BCUT2D eigenvalue weighted by molar-refractivity contribution is 0.0827. The third kappa shape index (κ3) is 3.37. The topological polar surface area (TPSA) is 20.3 Å². The van der Waals surface area contributed by atoms with Crippen molar-refractivity contribution in [2.75, 3.05) is 14.1 Å². The maximum Gasteiger partial charge on any atom is 0.253 e. The second-order valence-electron chi connectivity index (χ2n) is 4.61. The molecule has 0 saturated heterocycles. The highest BCUT2D eigenvalue weighted by Gasteiger charge is 2.07. The number of hydrogen-bond acceptors (Lipinski definition) is 1. The third-order valence-electron chi connectivity index (χ3n) is 2.89. The van der Waals surface area contributed by atoms with Crippen LogP contribution < -0.4 is 0 Å². The summed E-state index contributed by atoms with van der Waals surface area (Å²) in [5, 5.41) is 0. The van der Waals surface area contributed by atoms with Gasteiger partial charge in [0.1, 0.15) is 0 Å². The third-order valence-corrected chi connectivity index (χ3v) is 2.89. The van der Waals surface area contributed by atoms with Crippen molar-refractivity contribution in [3.63, 3.8) is 0 Å². The second kappa shape index (κ2) is 5.69. The first-order valence-corrected chi connectivity index (χ1v) is 5.85. The van der Waals surface area contributed by atoms with Crippen LogP contribution in [0.2, 0.25) is 0 Å². The van der Waals surface area contributed by atoms with Gasteiger partial charge in [0.15, 0.2) is 0 Å². The molecule has 0 aliphatic heterocycles. The number of hydrogen-bond donors (Lipinski definition) is 0. The van der Waals surface area contributed by atoms with E-state index in [1.807, 2.05) is 12.1 Å². The van der Waals surface area contributed by atoms with Crippen LogP contribution in [0.5, 0.6) is 0 Å². The molecule has 0 spiro atoms. The Labute approximate surface area is 98.3 Å². The molecule has 1 unspecified atom stereocenters. The van der Waals surface area contributed by atoms with E-state index < -0.39 is 0 Å². The minimum atomic E-state index is 0.0649. The van der Waals surface area contributed by atoms with Gasteiger partial charge in [0.2, 0.25) is 0 Å². The summed E-state index contributed by atoms with van der Waals surface area (Å²) in [6.45, 7) is 4.45. The normalized spacial score (nSPS) is 12.2. The second-order valence-corrected chi connectivity index (χ2v) is 4.61. The van der Waals surface area contributed by atoms with Crippen LogP contribution in [0.4, 0.5) is 0 Å². The maximum atomic E-state index is 11.7. The van der Waals surface area contributed by atoms with E-state index in [1.165, 1.54) is 12.0 Å². The Balaban J connectivity index is 2.71. The van der Waals surface area contributed by atoms with E-state index in [2.05, 4.69) is 26.0 Å². The van der Waals surface area contributed by atoms with Crippen LogP contribution in [-0.4, -0.2) is 24.9 Å². The van der Waals surface area contributed by atoms with Gasteiger partial charge < -0.3 is 4.90 Å². The lowest BCUT2D eigenvalue weighted by Crippen LogP contribution is -2.21. The summed E-state index contributed by atoms with van der Waals surface area (Å²) in [5.41, 5.74) is 2.07. The molecule has 0 heterocycles. The average molecular weight is 219 g/mol. The van der Waals surface area contributed by atoms with Crippen molar-refractivity contribution in [1.82, 2.24) is 4.90 Å². The first kappa shape index (κ1) is 12.8.